The molecule has 2 heteroatoms. The first-order valence-electron chi connectivity index (χ1n) is 4.51. The second-order valence-electron chi connectivity index (χ2n) is 3.41. The van der Waals surface area contributed by atoms with Gasteiger partial charge >= 0.3 is 0 Å². The van der Waals surface area contributed by atoms with Crippen LogP contribution in [0.2, 0.25) is 0 Å². The van der Waals surface area contributed by atoms with Crippen molar-refractivity contribution in [3.63, 3.8) is 0 Å². The molecule has 66 valence electrons. The summed E-state index contributed by atoms with van der Waals surface area (Å²) in [6.07, 6.45) is 2.74. The van der Waals surface area contributed by atoms with Crippen LogP contribution in [0.3, 0.4) is 0 Å². The Labute approximate surface area is 78.9 Å². The first-order valence-corrected chi connectivity index (χ1v) is 6.50. The summed E-state index contributed by atoms with van der Waals surface area (Å²) in [7, 11) is 0. The van der Waals surface area contributed by atoms with Gasteiger partial charge in [-0.15, -0.1) is 23.5 Å². The van der Waals surface area contributed by atoms with Crippen LogP contribution >= 0.6 is 23.5 Å². The molecule has 0 N–H and O–H groups in total. The minimum atomic E-state index is 0.893. The van der Waals surface area contributed by atoms with Crippen molar-refractivity contribution >= 4 is 23.5 Å². The summed E-state index contributed by atoms with van der Waals surface area (Å²) in [6.45, 7) is 7.02. The number of hydrogen-bond donors (Lipinski definition) is 0. The fourth-order valence-corrected chi connectivity index (χ4v) is 4.88. The van der Waals surface area contributed by atoms with Crippen molar-refractivity contribution in [1.29, 1.82) is 0 Å². The molecule has 0 amide bonds. The molecular formula is C9H18S2. The maximum absolute atomic E-state index is 2.40. The van der Waals surface area contributed by atoms with E-state index in [-0.39, 0.29) is 0 Å². The second kappa shape index (κ2) is 4.66. The van der Waals surface area contributed by atoms with Gasteiger partial charge in [0.2, 0.25) is 0 Å². The summed E-state index contributed by atoms with van der Waals surface area (Å²) >= 11 is 4.34. The Hall–Kier alpha value is 0.700. The van der Waals surface area contributed by atoms with Gasteiger partial charge in [0.1, 0.15) is 0 Å². The normalized spacial score (nSPS) is 34.1. The van der Waals surface area contributed by atoms with Crippen LogP contribution in [0, 0.1) is 5.92 Å². The largest absolute Gasteiger partial charge is 0.146 e. The number of thioether (sulfide) groups is 2. The van der Waals surface area contributed by atoms with Gasteiger partial charge in [0.25, 0.3) is 0 Å². The number of hydrogen-bond acceptors (Lipinski definition) is 2. The molecule has 1 saturated heterocycles. The molecule has 3 unspecified atom stereocenters. The molecule has 3 atom stereocenters. The molecule has 0 aliphatic carbocycles. The molecule has 1 rings (SSSR count). The highest BCUT2D eigenvalue weighted by atomic mass is 32.2. The minimum Gasteiger partial charge on any atom is -0.146 e. The second-order valence-corrected chi connectivity index (χ2v) is 6.47. The average Bonchev–Trinajstić information content (AvgIpc) is 2.36. The van der Waals surface area contributed by atoms with Crippen molar-refractivity contribution in [2.45, 2.75) is 43.4 Å². The van der Waals surface area contributed by atoms with Crippen LogP contribution in [0.25, 0.3) is 0 Å². The summed E-state index contributed by atoms with van der Waals surface area (Å²) in [5, 5.41) is 0.893. The van der Waals surface area contributed by atoms with E-state index < -0.39 is 0 Å². The molecule has 0 aromatic rings. The van der Waals surface area contributed by atoms with E-state index in [9.17, 15) is 0 Å². The van der Waals surface area contributed by atoms with Crippen LogP contribution < -0.4 is 0 Å². The SMILES string of the molecule is CCCC(C)C1SCC(C)S1. The maximum Gasteiger partial charge on any atom is 0.0531 e. The maximum atomic E-state index is 2.40. The molecule has 1 aliphatic heterocycles. The molecule has 0 bridgehead atoms. The zero-order chi connectivity index (χ0) is 8.27. The standard InChI is InChI=1S/C9H18S2/c1-4-5-7(2)9-10-6-8(3)11-9/h7-9H,4-6H2,1-3H3. The summed E-state index contributed by atoms with van der Waals surface area (Å²) in [5.41, 5.74) is 0. The molecule has 0 nitrogen and oxygen atoms in total. The monoisotopic (exact) mass is 190 g/mol. The topological polar surface area (TPSA) is 0 Å². The van der Waals surface area contributed by atoms with Gasteiger partial charge in [-0.1, -0.05) is 27.2 Å². The Morgan fingerprint density at radius 3 is 2.73 bits per heavy atom. The van der Waals surface area contributed by atoms with Gasteiger partial charge in [0, 0.05) is 11.0 Å². The lowest BCUT2D eigenvalue weighted by Gasteiger charge is -2.16. The zero-order valence-electron chi connectivity index (χ0n) is 7.67. The lowest BCUT2D eigenvalue weighted by Crippen LogP contribution is -2.07. The average molecular weight is 190 g/mol. The van der Waals surface area contributed by atoms with Crippen LogP contribution in [0.5, 0.6) is 0 Å². The van der Waals surface area contributed by atoms with Crippen molar-refractivity contribution in [2.24, 2.45) is 5.92 Å². The van der Waals surface area contributed by atoms with Crippen molar-refractivity contribution in [3.8, 4) is 0 Å². The first-order chi connectivity index (χ1) is 5.24. The minimum absolute atomic E-state index is 0.893. The van der Waals surface area contributed by atoms with Crippen LogP contribution in [0.4, 0.5) is 0 Å². The zero-order valence-corrected chi connectivity index (χ0v) is 9.30. The van der Waals surface area contributed by atoms with Gasteiger partial charge in [-0.05, 0) is 12.3 Å². The fraction of sp³-hybridized carbons (Fsp3) is 1.00. The molecule has 0 aromatic carbocycles. The van der Waals surface area contributed by atoms with Gasteiger partial charge in [0.15, 0.2) is 0 Å². The Bertz CT molecular complexity index is 114. The quantitative estimate of drug-likeness (QED) is 0.666. The van der Waals surface area contributed by atoms with E-state index in [0.717, 1.165) is 15.7 Å². The van der Waals surface area contributed by atoms with Crippen molar-refractivity contribution in [1.82, 2.24) is 0 Å². The highest BCUT2D eigenvalue weighted by Crippen LogP contribution is 2.42. The van der Waals surface area contributed by atoms with Gasteiger partial charge < -0.3 is 0 Å². The molecule has 0 spiro atoms. The molecule has 0 aromatic heterocycles. The molecule has 1 fully saturated rings. The molecular weight excluding hydrogens is 172 g/mol. The van der Waals surface area contributed by atoms with Gasteiger partial charge in [-0.2, -0.15) is 0 Å². The third kappa shape index (κ3) is 2.90. The first kappa shape index (κ1) is 9.79. The van der Waals surface area contributed by atoms with Crippen molar-refractivity contribution in [2.75, 3.05) is 5.75 Å². The van der Waals surface area contributed by atoms with E-state index in [1.165, 1.54) is 18.6 Å². The predicted molar refractivity (Wildman–Crippen MR) is 57.4 cm³/mol. The summed E-state index contributed by atoms with van der Waals surface area (Å²) in [5.74, 6) is 2.28. The van der Waals surface area contributed by atoms with Crippen LogP contribution in [-0.4, -0.2) is 15.6 Å². The lowest BCUT2D eigenvalue weighted by molar-refractivity contribution is 0.568. The molecule has 0 radical (unpaired) electrons. The fourth-order valence-electron chi connectivity index (χ4n) is 1.43. The van der Waals surface area contributed by atoms with Crippen LogP contribution in [0.15, 0.2) is 0 Å². The third-order valence-electron chi connectivity index (χ3n) is 2.07. The Kier molecular flexibility index (Phi) is 4.14. The molecule has 0 saturated carbocycles. The van der Waals surface area contributed by atoms with Gasteiger partial charge in [-0.25, -0.2) is 0 Å². The van der Waals surface area contributed by atoms with E-state index in [0.29, 0.717) is 0 Å². The third-order valence-corrected chi connectivity index (χ3v) is 5.87. The summed E-state index contributed by atoms with van der Waals surface area (Å²) < 4.78 is 0.893. The van der Waals surface area contributed by atoms with E-state index in [1.54, 1.807) is 0 Å². The van der Waals surface area contributed by atoms with Crippen molar-refractivity contribution < 1.29 is 0 Å². The van der Waals surface area contributed by atoms with Gasteiger partial charge in [0.05, 0.1) is 4.58 Å². The Balaban J connectivity index is 2.25. The molecule has 1 heterocycles. The van der Waals surface area contributed by atoms with E-state index in [2.05, 4.69) is 44.3 Å². The van der Waals surface area contributed by atoms with Gasteiger partial charge in [-0.3, -0.25) is 0 Å². The Morgan fingerprint density at radius 1 is 1.55 bits per heavy atom. The van der Waals surface area contributed by atoms with Crippen LogP contribution in [-0.2, 0) is 0 Å². The summed E-state index contributed by atoms with van der Waals surface area (Å²) in [6, 6.07) is 0. The van der Waals surface area contributed by atoms with Crippen LogP contribution in [0.1, 0.15) is 33.6 Å². The molecule has 11 heavy (non-hydrogen) atoms. The predicted octanol–water partition coefficient (Wildman–Crippen LogP) is 3.62. The van der Waals surface area contributed by atoms with E-state index >= 15 is 0 Å². The summed E-state index contributed by atoms with van der Waals surface area (Å²) in [4.78, 5) is 0. The Morgan fingerprint density at radius 2 is 2.27 bits per heavy atom. The smallest absolute Gasteiger partial charge is 0.0531 e. The molecule has 1 aliphatic rings. The number of rotatable bonds is 3. The lowest BCUT2D eigenvalue weighted by atomic mass is 10.1. The highest BCUT2D eigenvalue weighted by Gasteiger charge is 2.26. The van der Waals surface area contributed by atoms with E-state index in [4.69, 9.17) is 0 Å². The van der Waals surface area contributed by atoms with E-state index in [1.807, 2.05) is 0 Å². The van der Waals surface area contributed by atoms with Crippen molar-refractivity contribution in [3.05, 3.63) is 0 Å². The highest BCUT2D eigenvalue weighted by molar-refractivity contribution is 8.20.